The van der Waals surface area contributed by atoms with Crippen molar-refractivity contribution in [2.75, 3.05) is 11.7 Å². The van der Waals surface area contributed by atoms with Gasteiger partial charge in [0, 0.05) is 17.3 Å². The van der Waals surface area contributed by atoms with Gasteiger partial charge < -0.3 is 19.0 Å². The minimum Gasteiger partial charge on any atom is -0.507 e. The first-order valence-electron chi connectivity index (χ1n) is 9.77. The average molecular weight is 417 g/mol. The highest BCUT2D eigenvalue weighted by Gasteiger charge is 2.48. The number of ketones is 1. The molecule has 0 spiro atoms. The summed E-state index contributed by atoms with van der Waals surface area (Å²) in [4.78, 5) is 27.6. The highest BCUT2D eigenvalue weighted by molar-refractivity contribution is 6.51. The zero-order valence-electron chi connectivity index (χ0n) is 16.9. The zero-order chi connectivity index (χ0) is 21.7. The SMILES string of the molecule is Cc1ccc(C)c(/C(O)=C2/C(=O)C(=O)N(c3ccc4c(c3)OCO4)C2c2ccco2)c1. The number of hydrogen-bond donors (Lipinski definition) is 1. The Bertz CT molecular complexity index is 1240. The van der Waals surface area contributed by atoms with Gasteiger partial charge in [0.25, 0.3) is 11.7 Å². The van der Waals surface area contributed by atoms with Crippen molar-refractivity contribution >= 4 is 23.1 Å². The second-order valence-corrected chi connectivity index (χ2v) is 7.54. The molecule has 0 radical (unpaired) electrons. The van der Waals surface area contributed by atoms with Crippen LogP contribution in [0.1, 0.15) is 28.5 Å². The van der Waals surface area contributed by atoms with Crippen molar-refractivity contribution in [1.82, 2.24) is 0 Å². The summed E-state index contributed by atoms with van der Waals surface area (Å²) < 4.78 is 16.4. The van der Waals surface area contributed by atoms with Gasteiger partial charge in [-0.3, -0.25) is 14.5 Å². The molecule has 0 saturated carbocycles. The summed E-state index contributed by atoms with van der Waals surface area (Å²) in [6.07, 6.45) is 1.47. The molecule has 0 aliphatic carbocycles. The number of carbonyl (C=O) groups excluding carboxylic acids is 2. The van der Waals surface area contributed by atoms with Crippen LogP contribution in [-0.2, 0) is 9.59 Å². The topological polar surface area (TPSA) is 89.2 Å². The van der Waals surface area contributed by atoms with Gasteiger partial charge in [-0.1, -0.05) is 17.7 Å². The van der Waals surface area contributed by atoms with Gasteiger partial charge in [0.05, 0.1) is 11.8 Å². The number of aliphatic hydroxyl groups excluding tert-OH is 1. The van der Waals surface area contributed by atoms with Crippen LogP contribution < -0.4 is 14.4 Å². The van der Waals surface area contributed by atoms with Crippen LogP contribution in [0.5, 0.6) is 11.5 Å². The Balaban J connectivity index is 1.71. The van der Waals surface area contributed by atoms with E-state index in [9.17, 15) is 14.7 Å². The van der Waals surface area contributed by atoms with Crippen molar-refractivity contribution in [2.45, 2.75) is 19.9 Å². The van der Waals surface area contributed by atoms with E-state index in [4.69, 9.17) is 13.9 Å². The lowest BCUT2D eigenvalue weighted by molar-refractivity contribution is -0.132. The first-order chi connectivity index (χ1) is 15.0. The molecule has 0 bridgehead atoms. The summed E-state index contributed by atoms with van der Waals surface area (Å²) >= 11 is 0. The average Bonchev–Trinajstić information content (AvgIpc) is 3.49. The third-order valence-corrected chi connectivity index (χ3v) is 5.54. The van der Waals surface area contributed by atoms with Crippen molar-refractivity contribution in [3.63, 3.8) is 0 Å². The highest BCUT2D eigenvalue weighted by atomic mass is 16.7. The summed E-state index contributed by atoms with van der Waals surface area (Å²) in [6.45, 7) is 3.82. The molecule has 1 aromatic heterocycles. The van der Waals surface area contributed by atoms with Gasteiger partial charge >= 0.3 is 0 Å². The standard InChI is InChI=1S/C24H19NO6/c1-13-5-6-14(2)16(10-13)22(26)20-21(18-4-3-9-29-18)25(24(28)23(20)27)15-7-8-17-19(11-15)31-12-30-17/h3-11,21,26H,12H2,1-2H3/b22-20-. The number of anilines is 1. The molecule has 1 N–H and O–H groups in total. The molecule has 1 amide bonds. The fourth-order valence-electron chi connectivity index (χ4n) is 3.99. The maximum atomic E-state index is 13.1. The van der Waals surface area contributed by atoms with Crippen LogP contribution >= 0.6 is 0 Å². The summed E-state index contributed by atoms with van der Waals surface area (Å²) in [5, 5.41) is 11.2. The number of fused-ring (bicyclic) bond motifs is 1. The molecule has 1 atom stereocenters. The number of amides is 1. The lowest BCUT2D eigenvalue weighted by Gasteiger charge is -2.23. The molecular weight excluding hydrogens is 398 g/mol. The van der Waals surface area contributed by atoms with Crippen LogP contribution in [0.25, 0.3) is 5.76 Å². The molecule has 7 heteroatoms. The van der Waals surface area contributed by atoms with Crippen LogP contribution in [0.15, 0.2) is 64.8 Å². The molecule has 2 aromatic carbocycles. The van der Waals surface area contributed by atoms with E-state index in [0.29, 0.717) is 28.5 Å². The van der Waals surface area contributed by atoms with Crippen molar-refractivity contribution < 1.29 is 28.6 Å². The monoisotopic (exact) mass is 417 g/mol. The number of aryl methyl sites for hydroxylation is 2. The summed E-state index contributed by atoms with van der Waals surface area (Å²) in [6, 6.07) is 13.0. The van der Waals surface area contributed by atoms with E-state index in [0.717, 1.165) is 11.1 Å². The lowest BCUT2D eigenvalue weighted by atomic mass is 9.96. The maximum Gasteiger partial charge on any atom is 0.300 e. The number of rotatable bonds is 3. The van der Waals surface area contributed by atoms with Crippen LogP contribution in [0.2, 0.25) is 0 Å². The van der Waals surface area contributed by atoms with Crippen LogP contribution in [-0.4, -0.2) is 23.6 Å². The third-order valence-electron chi connectivity index (χ3n) is 5.54. The Morgan fingerprint density at radius 1 is 1.03 bits per heavy atom. The molecule has 1 unspecified atom stereocenters. The van der Waals surface area contributed by atoms with Gasteiger partial charge in [0.1, 0.15) is 17.6 Å². The minimum atomic E-state index is -0.921. The van der Waals surface area contributed by atoms with Gasteiger partial charge in [-0.05, 0) is 49.7 Å². The second kappa shape index (κ2) is 7.05. The van der Waals surface area contributed by atoms with E-state index in [1.165, 1.54) is 11.2 Å². The molecule has 2 aliphatic heterocycles. The van der Waals surface area contributed by atoms with Crippen molar-refractivity contribution in [3.8, 4) is 11.5 Å². The van der Waals surface area contributed by atoms with Gasteiger partial charge in [0.15, 0.2) is 11.5 Å². The van der Waals surface area contributed by atoms with Gasteiger partial charge in [-0.2, -0.15) is 0 Å². The first-order valence-corrected chi connectivity index (χ1v) is 9.77. The van der Waals surface area contributed by atoms with E-state index in [2.05, 4.69) is 0 Å². The highest BCUT2D eigenvalue weighted by Crippen LogP contribution is 2.45. The van der Waals surface area contributed by atoms with Crippen molar-refractivity contribution in [2.24, 2.45) is 0 Å². The van der Waals surface area contributed by atoms with Crippen LogP contribution in [0.3, 0.4) is 0 Å². The quantitative estimate of drug-likeness (QED) is 0.389. The van der Waals surface area contributed by atoms with Gasteiger partial charge in [0.2, 0.25) is 6.79 Å². The van der Waals surface area contributed by atoms with Crippen molar-refractivity contribution in [3.05, 3.63) is 82.8 Å². The number of nitrogens with zero attached hydrogens (tertiary/aromatic N) is 1. The number of aliphatic hydroxyl groups is 1. The van der Waals surface area contributed by atoms with Crippen LogP contribution in [0, 0.1) is 13.8 Å². The van der Waals surface area contributed by atoms with E-state index in [-0.39, 0.29) is 18.1 Å². The van der Waals surface area contributed by atoms with Gasteiger partial charge in [-0.15, -0.1) is 0 Å². The molecule has 31 heavy (non-hydrogen) atoms. The third kappa shape index (κ3) is 2.97. The molecule has 1 fully saturated rings. The summed E-state index contributed by atoms with van der Waals surface area (Å²) in [5.41, 5.74) is 2.63. The predicted octanol–water partition coefficient (Wildman–Crippen LogP) is 4.25. The summed E-state index contributed by atoms with van der Waals surface area (Å²) in [7, 11) is 0. The Kier molecular flexibility index (Phi) is 4.32. The zero-order valence-corrected chi connectivity index (χ0v) is 16.9. The van der Waals surface area contributed by atoms with E-state index in [1.807, 2.05) is 26.0 Å². The van der Waals surface area contributed by atoms with Gasteiger partial charge in [-0.25, -0.2) is 0 Å². The van der Waals surface area contributed by atoms with E-state index < -0.39 is 17.7 Å². The Morgan fingerprint density at radius 3 is 2.61 bits per heavy atom. The fraction of sp³-hybridized carbons (Fsp3) is 0.167. The number of carbonyl (C=O) groups is 2. The molecular formula is C24H19NO6. The lowest BCUT2D eigenvalue weighted by Crippen LogP contribution is -2.29. The number of ether oxygens (including phenoxy) is 2. The Morgan fingerprint density at radius 2 is 1.84 bits per heavy atom. The number of Topliss-reactive ketones (excluding diaryl/α,β-unsaturated/α-hetero) is 1. The molecule has 2 aliphatic rings. The summed E-state index contributed by atoms with van der Waals surface area (Å²) in [5.74, 6) is -0.366. The minimum absolute atomic E-state index is 0.0219. The van der Waals surface area contributed by atoms with Crippen LogP contribution in [0.4, 0.5) is 5.69 Å². The molecule has 5 rings (SSSR count). The maximum absolute atomic E-state index is 13.1. The first kappa shape index (κ1) is 19.0. The number of benzene rings is 2. The Labute approximate surface area is 178 Å². The number of hydrogen-bond acceptors (Lipinski definition) is 6. The second-order valence-electron chi connectivity index (χ2n) is 7.54. The van der Waals surface area contributed by atoms with Crippen molar-refractivity contribution in [1.29, 1.82) is 0 Å². The fourth-order valence-corrected chi connectivity index (χ4v) is 3.99. The number of furan rings is 1. The molecule has 7 nitrogen and oxygen atoms in total. The molecule has 3 heterocycles. The normalized spacial score (nSPS) is 19.3. The predicted molar refractivity (Wildman–Crippen MR) is 112 cm³/mol. The van der Waals surface area contributed by atoms with E-state index in [1.54, 1.807) is 36.4 Å². The van der Waals surface area contributed by atoms with E-state index >= 15 is 0 Å². The largest absolute Gasteiger partial charge is 0.507 e. The molecule has 1 saturated heterocycles. The smallest absolute Gasteiger partial charge is 0.300 e. The molecule has 156 valence electrons. The molecule has 3 aromatic rings. The Hall–Kier alpha value is -4.00.